The van der Waals surface area contributed by atoms with Crippen molar-refractivity contribution in [3.8, 4) is 0 Å². The smallest absolute Gasteiger partial charge is 0.221 e. The van der Waals surface area contributed by atoms with Crippen LogP contribution in [0, 0.1) is 5.41 Å². The van der Waals surface area contributed by atoms with Gasteiger partial charge in [0.25, 0.3) is 0 Å². The largest absolute Gasteiger partial charge is 0.396 e. The molecule has 1 saturated carbocycles. The molecule has 17 heavy (non-hydrogen) atoms. The number of nitrogens with one attached hydrogen (secondary N) is 2. The van der Waals surface area contributed by atoms with E-state index in [4.69, 9.17) is 5.11 Å². The molecule has 0 aromatic carbocycles. The maximum Gasteiger partial charge on any atom is 0.221 e. The zero-order valence-corrected chi connectivity index (χ0v) is 11.1. The van der Waals surface area contributed by atoms with E-state index in [9.17, 15) is 4.79 Å². The molecule has 0 aromatic heterocycles. The molecule has 0 bridgehead atoms. The highest BCUT2D eigenvalue weighted by Gasteiger charge is 2.21. The first-order valence-corrected chi connectivity index (χ1v) is 6.64. The maximum absolute atomic E-state index is 11.6. The van der Waals surface area contributed by atoms with Gasteiger partial charge < -0.3 is 15.7 Å². The number of rotatable bonds is 9. The first-order valence-electron chi connectivity index (χ1n) is 6.64. The molecule has 0 aromatic rings. The van der Waals surface area contributed by atoms with Gasteiger partial charge in [-0.3, -0.25) is 4.79 Å². The molecule has 0 radical (unpaired) electrons. The van der Waals surface area contributed by atoms with Gasteiger partial charge in [0, 0.05) is 32.2 Å². The lowest BCUT2D eigenvalue weighted by molar-refractivity contribution is -0.121. The Bertz CT molecular complexity index is 238. The fourth-order valence-corrected chi connectivity index (χ4v) is 1.75. The summed E-state index contributed by atoms with van der Waals surface area (Å²) < 4.78 is 0. The fourth-order valence-electron chi connectivity index (χ4n) is 1.75. The molecule has 0 heterocycles. The molecule has 1 rings (SSSR count). The van der Waals surface area contributed by atoms with E-state index in [2.05, 4.69) is 24.5 Å². The number of hydrogen-bond acceptors (Lipinski definition) is 3. The highest BCUT2D eigenvalue weighted by molar-refractivity contribution is 5.76. The fraction of sp³-hybridized carbons (Fsp3) is 0.923. The summed E-state index contributed by atoms with van der Waals surface area (Å²) in [6, 6.07) is 0.670. The third-order valence-electron chi connectivity index (χ3n) is 3.14. The van der Waals surface area contributed by atoms with Gasteiger partial charge in [-0.2, -0.15) is 0 Å². The summed E-state index contributed by atoms with van der Waals surface area (Å²) in [6.07, 6.45) is 4.81. The van der Waals surface area contributed by atoms with Crippen LogP contribution in [0.3, 0.4) is 0 Å². The van der Waals surface area contributed by atoms with E-state index in [-0.39, 0.29) is 17.9 Å². The predicted octanol–water partition coefficient (Wildman–Crippen LogP) is 1.04. The van der Waals surface area contributed by atoms with Crippen LogP contribution in [-0.2, 0) is 4.79 Å². The van der Waals surface area contributed by atoms with Crippen LogP contribution in [0.2, 0.25) is 0 Å². The van der Waals surface area contributed by atoms with Crippen LogP contribution in [0.1, 0.15) is 46.0 Å². The van der Waals surface area contributed by atoms with Crippen molar-refractivity contribution in [2.45, 2.75) is 52.0 Å². The molecule has 0 unspecified atom stereocenters. The van der Waals surface area contributed by atoms with Crippen LogP contribution in [0.15, 0.2) is 0 Å². The van der Waals surface area contributed by atoms with Crippen molar-refractivity contribution in [2.24, 2.45) is 5.41 Å². The van der Waals surface area contributed by atoms with Crippen molar-refractivity contribution in [1.82, 2.24) is 10.6 Å². The number of aliphatic hydroxyl groups is 1. The summed E-state index contributed by atoms with van der Waals surface area (Å²) in [4.78, 5) is 11.6. The molecule has 100 valence electrons. The Balaban J connectivity index is 2.04. The van der Waals surface area contributed by atoms with Crippen LogP contribution in [-0.4, -0.2) is 36.8 Å². The molecule has 4 nitrogen and oxygen atoms in total. The molecule has 3 N–H and O–H groups in total. The van der Waals surface area contributed by atoms with Crippen molar-refractivity contribution in [1.29, 1.82) is 0 Å². The molecule has 1 aliphatic rings. The highest BCUT2D eigenvalue weighted by Crippen LogP contribution is 2.20. The number of carbonyl (C=O) groups excluding carboxylic acids is 1. The Morgan fingerprint density at radius 1 is 1.41 bits per heavy atom. The molecule has 1 aliphatic carbocycles. The minimum absolute atomic E-state index is 0.0717. The summed E-state index contributed by atoms with van der Waals surface area (Å²) in [5.74, 6) is 0.121. The second kappa shape index (κ2) is 6.97. The molecule has 4 heteroatoms. The van der Waals surface area contributed by atoms with E-state index in [0.717, 1.165) is 19.4 Å². The van der Waals surface area contributed by atoms with Gasteiger partial charge in [-0.25, -0.2) is 0 Å². The van der Waals surface area contributed by atoms with Gasteiger partial charge in [0.1, 0.15) is 0 Å². The summed E-state index contributed by atoms with van der Waals surface area (Å²) in [7, 11) is 0. The average Bonchev–Trinajstić information content (AvgIpc) is 3.08. The zero-order chi connectivity index (χ0) is 12.7. The van der Waals surface area contributed by atoms with Crippen molar-refractivity contribution in [3.63, 3.8) is 0 Å². The lowest BCUT2D eigenvalue weighted by Gasteiger charge is -2.24. The maximum atomic E-state index is 11.6. The van der Waals surface area contributed by atoms with E-state index in [1.807, 2.05) is 0 Å². The second-order valence-electron chi connectivity index (χ2n) is 5.75. The van der Waals surface area contributed by atoms with E-state index < -0.39 is 0 Å². The average molecular weight is 242 g/mol. The van der Waals surface area contributed by atoms with Gasteiger partial charge in [0.15, 0.2) is 0 Å². The molecular weight excluding hydrogens is 216 g/mol. The molecular formula is C13H26N2O2. The number of hydrogen-bond donors (Lipinski definition) is 3. The summed E-state index contributed by atoms with van der Waals surface area (Å²) in [5.41, 5.74) is 0.0717. The Hall–Kier alpha value is -0.610. The van der Waals surface area contributed by atoms with Crippen LogP contribution < -0.4 is 10.6 Å². The number of aliphatic hydroxyl groups excluding tert-OH is 1. The molecule has 1 amide bonds. The topological polar surface area (TPSA) is 61.4 Å². The zero-order valence-electron chi connectivity index (χ0n) is 11.1. The highest BCUT2D eigenvalue weighted by atomic mass is 16.2. The molecule has 0 aliphatic heterocycles. The molecule has 0 atom stereocenters. The SMILES string of the molecule is CC(C)(CCCO)CNC(=O)CCNC1CC1. The molecule has 0 saturated heterocycles. The van der Waals surface area contributed by atoms with Gasteiger partial charge in [-0.1, -0.05) is 13.8 Å². The van der Waals surface area contributed by atoms with E-state index >= 15 is 0 Å². The summed E-state index contributed by atoms with van der Waals surface area (Å²) in [5, 5.41) is 15.1. The van der Waals surface area contributed by atoms with Gasteiger partial charge >= 0.3 is 0 Å². The standard InChI is InChI=1S/C13H26N2O2/c1-13(2,7-3-9-16)10-15-12(17)6-8-14-11-4-5-11/h11,14,16H,3-10H2,1-2H3,(H,15,17). The second-order valence-corrected chi connectivity index (χ2v) is 5.75. The van der Waals surface area contributed by atoms with Crippen LogP contribution in [0.4, 0.5) is 0 Å². The number of amides is 1. The first-order chi connectivity index (χ1) is 8.03. The van der Waals surface area contributed by atoms with Crippen LogP contribution in [0.5, 0.6) is 0 Å². The monoisotopic (exact) mass is 242 g/mol. The van der Waals surface area contributed by atoms with E-state index in [0.29, 0.717) is 19.0 Å². The Kier molecular flexibility index (Phi) is 5.92. The Morgan fingerprint density at radius 2 is 2.12 bits per heavy atom. The minimum Gasteiger partial charge on any atom is -0.396 e. The summed E-state index contributed by atoms with van der Waals surface area (Å²) in [6.45, 7) is 5.93. The Labute approximate surface area is 104 Å². The Morgan fingerprint density at radius 3 is 2.71 bits per heavy atom. The van der Waals surface area contributed by atoms with Crippen molar-refractivity contribution < 1.29 is 9.90 Å². The van der Waals surface area contributed by atoms with Gasteiger partial charge in [-0.15, -0.1) is 0 Å². The van der Waals surface area contributed by atoms with Gasteiger partial charge in [0.05, 0.1) is 0 Å². The van der Waals surface area contributed by atoms with E-state index in [1.54, 1.807) is 0 Å². The van der Waals surface area contributed by atoms with Gasteiger partial charge in [0.2, 0.25) is 5.91 Å². The van der Waals surface area contributed by atoms with Crippen molar-refractivity contribution >= 4 is 5.91 Å². The number of carbonyl (C=O) groups is 1. The lowest BCUT2D eigenvalue weighted by Crippen LogP contribution is -2.35. The van der Waals surface area contributed by atoms with E-state index in [1.165, 1.54) is 12.8 Å². The van der Waals surface area contributed by atoms with Crippen LogP contribution in [0.25, 0.3) is 0 Å². The predicted molar refractivity (Wildman–Crippen MR) is 68.8 cm³/mol. The third-order valence-corrected chi connectivity index (χ3v) is 3.14. The van der Waals surface area contributed by atoms with Crippen molar-refractivity contribution in [3.05, 3.63) is 0 Å². The quantitative estimate of drug-likeness (QED) is 0.566. The first kappa shape index (κ1) is 14.5. The summed E-state index contributed by atoms with van der Waals surface area (Å²) >= 11 is 0. The normalized spacial score (nSPS) is 15.9. The molecule has 0 spiro atoms. The minimum atomic E-state index is 0.0717. The van der Waals surface area contributed by atoms with Crippen LogP contribution >= 0.6 is 0 Å². The molecule has 1 fully saturated rings. The van der Waals surface area contributed by atoms with Gasteiger partial charge in [-0.05, 0) is 31.1 Å². The third kappa shape index (κ3) is 7.34. The lowest BCUT2D eigenvalue weighted by atomic mass is 9.88. The van der Waals surface area contributed by atoms with Crippen molar-refractivity contribution in [2.75, 3.05) is 19.7 Å².